The van der Waals surface area contributed by atoms with Crippen LogP contribution in [0.5, 0.6) is 0 Å². The Morgan fingerprint density at radius 2 is 0.760 bits per heavy atom. The van der Waals surface area contributed by atoms with Crippen molar-refractivity contribution in [2.75, 3.05) is 0 Å². The summed E-state index contributed by atoms with van der Waals surface area (Å²) in [6, 6.07) is 67.2. The molecule has 50 heavy (non-hydrogen) atoms. The summed E-state index contributed by atoms with van der Waals surface area (Å²) >= 11 is 0. The number of hydrogen-bond donors (Lipinski definition) is 0. The van der Waals surface area contributed by atoms with Crippen LogP contribution < -0.4 is 0 Å². The molecule has 0 spiro atoms. The molecule has 0 N–H and O–H groups in total. The Morgan fingerprint density at radius 3 is 1.28 bits per heavy atom. The number of benzene rings is 6. The number of allylic oxidation sites excluding steroid dienone is 4. The van der Waals surface area contributed by atoms with Gasteiger partial charge in [0.05, 0.1) is 0 Å². The molecule has 0 fully saturated rings. The van der Waals surface area contributed by atoms with Crippen molar-refractivity contribution in [1.82, 2.24) is 0 Å². The highest BCUT2D eigenvalue weighted by Crippen LogP contribution is 2.35. The van der Waals surface area contributed by atoms with E-state index in [2.05, 4.69) is 201 Å². The first-order valence-corrected chi connectivity index (χ1v) is 17.0. The quantitative estimate of drug-likeness (QED) is 0.145. The maximum absolute atomic E-state index is 4.53. The van der Waals surface area contributed by atoms with E-state index in [0.717, 1.165) is 55.3 Å². The minimum Gasteiger partial charge on any atom is -0.0991 e. The fraction of sp³-hybridized carbons (Fsp3) is 0. The molecule has 0 bridgehead atoms. The SMILES string of the molecule is C=C/C=C\C(=C)c1cccc(-c2ccc(-c3ccccc3)cc2)ccc(-c2ccccc2)c2ccc(-c3ccc(-c4ccccc4)cc3)cc12. The van der Waals surface area contributed by atoms with Gasteiger partial charge in [-0.05, 0) is 83.6 Å². The molecule has 7 aromatic rings. The number of rotatable bonds is 8. The van der Waals surface area contributed by atoms with E-state index in [4.69, 9.17) is 0 Å². The molecule has 0 aliphatic heterocycles. The van der Waals surface area contributed by atoms with Crippen LogP contribution >= 0.6 is 0 Å². The van der Waals surface area contributed by atoms with Crippen LogP contribution in [0.25, 0.3) is 72.0 Å². The van der Waals surface area contributed by atoms with Gasteiger partial charge < -0.3 is 0 Å². The van der Waals surface area contributed by atoms with Crippen molar-refractivity contribution in [3.63, 3.8) is 0 Å². The van der Waals surface area contributed by atoms with Crippen LogP contribution in [-0.2, 0) is 0 Å². The van der Waals surface area contributed by atoms with Crippen molar-refractivity contribution < 1.29 is 0 Å². The lowest BCUT2D eigenvalue weighted by molar-refractivity contribution is 1.59. The highest BCUT2D eigenvalue weighted by molar-refractivity contribution is 6.03. The van der Waals surface area contributed by atoms with Gasteiger partial charge in [0.1, 0.15) is 0 Å². The van der Waals surface area contributed by atoms with Crippen LogP contribution in [0.2, 0.25) is 0 Å². The van der Waals surface area contributed by atoms with Gasteiger partial charge in [-0.3, -0.25) is 0 Å². The first-order valence-electron chi connectivity index (χ1n) is 17.0. The van der Waals surface area contributed by atoms with Gasteiger partial charge in [-0.25, -0.2) is 0 Å². The first kappa shape index (κ1) is 32.1. The monoisotopic (exact) mass is 638 g/mol. The van der Waals surface area contributed by atoms with E-state index in [0.29, 0.717) is 0 Å². The Morgan fingerprint density at radius 1 is 0.360 bits per heavy atom. The lowest BCUT2D eigenvalue weighted by Crippen LogP contribution is -1.87. The van der Waals surface area contributed by atoms with Crippen LogP contribution in [0.1, 0.15) is 5.56 Å². The third-order valence-corrected chi connectivity index (χ3v) is 9.08. The van der Waals surface area contributed by atoms with Crippen LogP contribution in [0.4, 0.5) is 0 Å². The predicted molar refractivity (Wildman–Crippen MR) is 217 cm³/mol. The minimum atomic E-state index is 0.915. The summed E-state index contributed by atoms with van der Waals surface area (Å²) in [6.07, 6.45) is 5.78. The van der Waals surface area contributed by atoms with Crippen molar-refractivity contribution in [3.8, 4) is 55.6 Å². The average Bonchev–Trinajstić information content (AvgIpc) is 3.19. The van der Waals surface area contributed by atoms with E-state index in [1.807, 2.05) is 12.2 Å². The molecule has 0 radical (unpaired) electrons. The molecule has 0 aliphatic rings. The molecule has 0 saturated heterocycles. The zero-order valence-corrected chi connectivity index (χ0v) is 28.0. The van der Waals surface area contributed by atoms with Gasteiger partial charge >= 0.3 is 0 Å². The second kappa shape index (κ2) is 15.2. The molecule has 0 nitrogen and oxygen atoms in total. The van der Waals surface area contributed by atoms with Crippen LogP contribution in [0.15, 0.2) is 219 Å². The summed E-state index contributed by atoms with van der Waals surface area (Å²) in [7, 11) is 0. The van der Waals surface area contributed by atoms with E-state index < -0.39 is 0 Å². The van der Waals surface area contributed by atoms with E-state index in [1.165, 1.54) is 22.3 Å². The minimum absolute atomic E-state index is 0.915. The molecule has 7 rings (SSSR count). The normalized spacial score (nSPS) is 10.9. The zero-order valence-electron chi connectivity index (χ0n) is 28.0. The molecule has 0 heterocycles. The van der Waals surface area contributed by atoms with Gasteiger partial charge in [0.25, 0.3) is 0 Å². The van der Waals surface area contributed by atoms with E-state index >= 15 is 0 Å². The van der Waals surface area contributed by atoms with Crippen LogP contribution in [-0.4, -0.2) is 0 Å². The summed E-state index contributed by atoms with van der Waals surface area (Å²) < 4.78 is 0. The summed E-state index contributed by atoms with van der Waals surface area (Å²) in [5.41, 5.74) is 13.7. The largest absolute Gasteiger partial charge is 0.0991 e. The topological polar surface area (TPSA) is 0 Å². The second-order valence-electron chi connectivity index (χ2n) is 12.3. The molecule has 0 amide bonds. The predicted octanol–water partition coefficient (Wildman–Crippen LogP) is 14.1. The van der Waals surface area contributed by atoms with Gasteiger partial charge in [-0.1, -0.05) is 213 Å². The summed E-state index contributed by atoms with van der Waals surface area (Å²) in [4.78, 5) is 0. The van der Waals surface area contributed by atoms with Crippen molar-refractivity contribution in [1.29, 1.82) is 0 Å². The smallest absolute Gasteiger partial charge is 0.00932 e. The van der Waals surface area contributed by atoms with E-state index in [9.17, 15) is 0 Å². The Labute approximate surface area is 296 Å². The zero-order chi connectivity index (χ0) is 34.1. The molecular formula is C50H38. The molecule has 0 unspecified atom stereocenters. The maximum atomic E-state index is 4.53. The summed E-state index contributed by atoms with van der Waals surface area (Å²) in [5, 5.41) is 2.27. The maximum Gasteiger partial charge on any atom is -0.00932 e. The highest BCUT2D eigenvalue weighted by atomic mass is 14.1. The van der Waals surface area contributed by atoms with Gasteiger partial charge in [-0.2, -0.15) is 0 Å². The Kier molecular flexibility index (Phi) is 9.72. The molecule has 0 aromatic heterocycles. The molecule has 0 atom stereocenters. The average molecular weight is 639 g/mol. The number of hydrogen-bond acceptors (Lipinski definition) is 0. The second-order valence-corrected chi connectivity index (χ2v) is 12.3. The van der Waals surface area contributed by atoms with Gasteiger partial charge in [-0.15, -0.1) is 0 Å². The van der Waals surface area contributed by atoms with Crippen molar-refractivity contribution in [3.05, 3.63) is 225 Å². The third kappa shape index (κ3) is 7.16. The van der Waals surface area contributed by atoms with Crippen LogP contribution in [0, 0.1) is 0 Å². The fourth-order valence-corrected chi connectivity index (χ4v) is 6.43. The Bertz CT molecular complexity index is 2340. The first-order chi connectivity index (χ1) is 24.7. The van der Waals surface area contributed by atoms with Gasteiger partial charge in [0.15, 0.2) is 0 Å². The molecular weight excluding hydrogens is 601 g/mol. The molecule has 7 aromatic carbocycles. The van der Waals surface area contributed by atoms with Crippen molar-refractivity contribution in [2.24, 2.45) is 0 Å². The lowest BCUT2D eigenvalue weighted by Gasteiger charge is -2.12. The standard InChI is InChI=1S/C50H38/c1-3-4-15-37(2)47-23-14-22-40(43-26-24-41(25-27-43)38-16-8-5-9-17-38)32-34-48(45-20-12-7-13-21-45)49-35-33-46(36-50(47)49)44-30-28-42(29-31-44)39-18-10-6-11-19-39/h3-36H,1-2H2/b15-4-,22-14?,23-14?,34-32?,40-22?,40-32?,47-23?,48-34?,49-48?,50-47?. The van der Waals surface area contributed by atoms with E-state index in [-0.39, 0.29) is 0 Å². The fourth-order valence-electron chi connectivity index (χ4n) is 6.43. The lowest BCUT2D eigenvalue weighted by atomic mass is 9.92. The Balaban J connectivity index is 1.43. The highest BCUT2D eigenvalue weighted by Gasteiger charge is 2.10. The molecule has 0 heteroatoms. The Hall–Kier alpha value is -6.50. The van der Waals surface area contributed by atoms with E-state index in [1.54, 1.807) is 6.08 Å². The molecule has 238 valence electrons. The van der Waals surface area contributed by atoms with Crippen molar-refractivity contribution >= 4 is 16.3 Å². The van der Waals surface area contributed by atoms with Crippen LogP contribution in [0.3, 0.4) is 0 Å². The molecule has 0 aliphatic carbocycles. The van der Waals surface area contributed by atoms with Crippen molar-refractivity contribution in [2.45, 2.75) is 0 Å². The van der Waals surface area contributed by atoms with Gasteiger partial charge in [0.2, 0.25) is 0 Å². The number of fused-ring (bicyclic) bond motifs is 1. The summed E-state index contributed by atoms with van der Waals surface area (Å²) in [6.45, 7) is 8.44. The molecule has 0 saturated carbocycles. The summed E-state index contributed by atoms with van der Waals surface area (Å²) in [5.74, 6) is 0. The third-order valence-electron chi connectivity index (χ3n) is 9.08. The van der Waals surface area contributed by atoms with Gasteiger partial charge in [0, 0.05) is 0 Å².